The minimum atomic E-state index is -0.493. The Kier molecular flexibility index (Phi) is 4.66. The van der Waals surface area contributed by atoms with Gasteiger partial charge in [-0.05, 0) is 25.0 Å². The Labute approximate surface area is 122 Å². The van der Waals surface area contributed by atoms with Crippen LogP contribution in [0.5, 0.6) is 0 Å². The number of hydrogen-bond donors (Lipinski definition) is 0. The highest BCUT2D eigenvalue weighted by Crippen LogP contribution is 2.38. The molecule has 0 saturated carbocycles. The molecule has 1 aliphatic rings. The Morgan fingerprint density at radius 2 is 2.16 bits per heavy atom. The second kappa shape index (κ2) is 6.07. The number of thioether (sulfide) groups is 1. The summed E-state index contributed by atoms with van der Waals surface area (Å²) in [5, 5.41) is 1.54. The number of ether oxygens (including phenoxy) is 1. The van der Waals surface area contributed by atoms with Crippen molar-refractivity contribution in [2.45, 2.75) is 24.5 Å². The van der Waals surface area contributed by atoms with Crippen molar-refractivity contribution in [3.63, 3.8) is 0 Å². The molecule has 19 heavy (non-hydrogen) atoms. The molecule has 1 aliphatic heterocycles. The van der Waals surface area contributed by atoms with Gasteiger partial charge in [-0.2, -0.15) is 0 Å². The first-order chi connectivity index (χ1) is 9.05. The normalized spacial score (nSPS) is 22.7. The third kappa shape index (κ3) is 3.38. The molecule has 0 aromatic heterocycles. The molecular weight excluding hydrogens is 282 g/mol. The maximum Gasteiger partial charge on any atom is 0.262 e. The minimum absolute atomic E-state index is 0.0726. The Morgan fingerprint density at radius 1 is 1.42 bits per heavy atom. The van der Waals surface area contributed by atoms with Crippen LogP contribution in [0.1, 0.15) is 18.9 Å². The molecule has 0 fully saturated rings. The second-order valence-electron chi connectivity index (χ2n) is 4.65. The number of methoxy groups -OCH3 is 1. The summed E-state index contributed by atoms with van der Waals surface area (Å²) < 4.78 is 4.56. The summed E-state index contributed by atoms with van der Waals surface area (Å²) in [6.07, 6.45) is 1.28. The van der Waals surface area contributed by atoms with Crippen molar-refractivity contribution in [3.8, 4) is 0 Å². The van der Waals surface area contributed by atoms with Crippen LogP contribution in [0.25, 0.3) is 0 Å². The van der Waals surface area contributed by atoms with E-state index < -0.39 is 4.75 Å². The van der Waals surface area contributed by atoms with E-state index in [1.54, 1.807) is 7.11 Å². The van der Waals surface area contributed by atoms with Crippen LogP contribution >= 0.6 is 23.4 Å². The molecule has 1 unspecified atom stereocenters. The fraction of sp³-hybridized carbons (Fsp3) is 0.429. The Balaban J connectivity index is 2.06. The molecule has 1 aromatic rings. The Bertz CT molecular complexity index is 518. The molecule has 1 aromatic carbocycles. The molecule has 0 bridgehead atoms. The minimum Gasteiger partial charge on any atom is -0.385 e. The van der Waals surface area contributed by atoms with Crippen molar-refractivity contribution in [2.24, 2.45) is 4.99 Å². The van der Waals surface area contributed by atoms with Gasteiger partial charge in [0.05, 0.1) is 5.04 Å². The average Bonchev–Trinajstić information content (AvgIpc) is 2.66. The maximum absolute atomic E-state index is 12.0. The summed E-state index contributed by atoms with van der Waals surface area (Å²) in [7, 11) is 1.64. The lowest BCUT2D eigenvalue weighted by atomic mass is 10.1. The van der Waals surface area contributed by atoms with Gasteiger partial charge in [-0.25, -0.2) is 4.99 Å². The van der Waals surface area contributed by atoms with Crippen LogP contribution in [0.2, 0.25) is 5.02 Å². The quantitative estimate of drug-likeness (QED) is 0.836. The Hall–Kier alpha value is -0.840. The van der Waals surface area contributed by atoms with E-state index in [1.165, 1.54) is 11.8 Å². The van der Waals surface area contributed by atoms with Crippen LogP contribution in [0.4, 0.5) is 0 Å². The third-order valence-electron chi connectivity index (χ3n) is 3.10. The molecule has 0 saturated heterocycles. The van der Waals surface area contributed by atoms with Crippen molar-refractivity contribution in [3.05, 3.63) is 34.9 Å². The lowest BCUT2D eigenvalue weighted by Gasteiger charge is -2.19. The highest BCUT2D eigenvalue weighted by atomic mass is 35.5. The van der Waals surface area contributed by atoms with Crippen molar-refractivity contribution in [1.82, 2.24) is 0 Å². The summed E-state index contributed by atoms with van der Waals surface area (Å²) in [6, 6.07) is 7.64. The van der Waals surface area contributed by atoms with E-state index in [0.717, 1.165) is 10.6 Å². The van der Waals surface area contributed by atoms with E-state index in [0.29, 0.717) is 24.5 Å². The molecule has 102 valence electrons. The summed E-state index contributed by atoms with van der Waals surface area (Å²) in [4.78, 5) is 16.1. The van der Waals surface area contributed by atoms with E-state index in [4.69, 9.17) is 16.3 Å². The zero-order valence-corrected chi connectivity index (χ0v) is 12.6. The number of carbonyl (C=O) groups is 1. The topological polar surface area (TPSA) is 38.7 Å². The highest BCUT2D eigenvalue weighted by molar-refractivity contribution is 8.16. The second-order valence-corrected chi connectivity index (χ2v) is 6.64. The SMILES string of the molecule is COCCC1(C)SC(Cc2ccccc2Cl)=NC1=O. The number of hydrogen-bond acceptors (Lipinski definition) is 3. The van der Waals surface area contributed by atoms with Crippen LogP contribution < -0.4 is 0 Å². The molecule has 5 heteroatoms. The number of rotatable bonds is 5. The van der Waals surface area contributed by atoms with E-state index >= 15 is 0 Å². The van der Waals surface area contributed by atoms with Gasteiger partial charge in [0.25, 0.3) is 5.91 Å². The average molecular weight is 298 g/mol. The van der Waals surface area contributed by atoms with Gasteiger partial charge < -0.3 is 4.74 Å². The lowest BCUT2D eigenvalue weighted by Crippen LogP contribution is -2.28. The van der Waals surface area contributed by atoms with Crippen molar-refractivity contribution in [2.75, 3.05) is 13.7 Å². The third-order valence-corrected chi connectivity index (χ3v) is 4.77. The van der Waals surface area contributed by atoms with Crippen molar-refractivity contribution in [1.29, 1.82) is 0 Å². The predicted octanol–water partition coefficient (Wildman–Crippen LogP) is 3.35. The molecule has 0 radical (unpaired) electrons. The van der Waals surface area contributed by atoms with Gasteiger partial charge in [-0.15, -0.1) is 0 Å². The lowest BCUT2D eigenvalue weighted by molar-refractivity contribution is -0.119. The van der Waals surface area contributed by atoms with Crippen LogP contribution in [0.3, 0.4) is 0 Å². The van der Waals surface area contributed by atoms with Gasteiger partial charge in [-0.3, -0.25) is 4.79 Å². The number of halogens is 1. The number of amides is 1. The maximum atomic E-state index is 12.0. The van der Waals surface area contributed by atoms with E-state index in [9.17, 15) is 4.79 Å². The largest absolute Gasteiger partial charge is 0.385 e. The summed E-state index contributed by atoms with van der Waals surface area (Å²) in [5.41, 5.74) is 0.999. The van der Waals surface area contributed by atoms with E-state index in [2.05, 4.69) is 4.99 Å². The molecule has 1 heterocycles. The first-order valence-electron chi connectivity index (χ1n) is 6.08. The molecule has 3 nitrogen and oxygen atoms in total. The van der Waals surface area contributed by atoms with E-state index in [-0.39, 0.29) is 5.91 Å². The summed E-state index contributed by atoms with van der Waals surface area (Å²) >= 11 is 7.65. The first kappa shape index (κ1) is 14.6. The first-order valence-corrected chi connectivity index (χ1v) is 7.28. The summed E-state index contributed by atoms with van der Waals surface area (Å²) in [6.45, 7) is 2.48. The molecule has 1 atom stereocenters. The molecule has 0 aliphatic carbocycles. The number of benzene rings is 1. The van der Waals surface area contributed by atoms with Crippen LogP contribution in [-0.2, 0) is 16.0 Å². The Morgan fingerprint density at radius 3 is 2.84 bits per heavy atom. The van der Waals surface area contributed by atoms with Gasteiger partial charge in [-0.1, -0.05) is 41.6 Å². The number of aliphatic imine (C=N–C) groups is 1. The van der Waals surface area contributed by atoms with Crippen molar-refractivity contribution < 1.29 is 9.53 Å². The van der Waals surface area contributed by atoms with Crippen LogP contribution in [0.15, 0.2) is 29.3 Å². The number of carbonyl (C=O) groups excluding carboxylic acids is 1. The molecule has 2 rings (SSSR count). The van der Waals surface area contributed by atoms with Gasteiger partial charge in [0.1, 0.15) is 4.75 Å². The van der Waals surface area contributed by atoms with Crippen LogP contribution in [-0.4, -0.2) is 29.4 Å². The van der Waals surface area contributed by atoms with Gasteiger partial charge in [0.2, 0.25) is 0 Å². The fourth-order valence-electron chi connectivity index (χ4n) is 1.89. The molecule has 0 spiro atoms. The van der Waals surface area contributed by atoms with Gasteiger partial charge >= 0.3 is 0 Å². The number of nitrogens with zero attached hydrogens (tertiary/aromatic N) is 1. The monoisotopic (exact) mass is 297 g/mol. The molecular formula is C14H16ClNO2S. The smallest absolute Gasteiger partial charge is 0.262 e. The molecule has 0 N–H and O–H groups in total. The standard InChI is InChI=1S/C14H16ClNO2S/c1-14(7-8-18-2)13(17)16-12(19-14)9-10-5-3-4-6-11(10)15/h3-6H,7-9H2,1-2H3. The molecule has 1 amide bonds. The summed E-state index contributed by atoms with van der Waals surface area (Å²) in [5.74, 6) is -0.0726. The van der Waals surface area contributed by atoms with Crippen molar-refractivity contribution >= 4 is 34.3 Å². The zero-order valence-electron chi connectivity index (χ0n) is 11.0. The highest BCUT2D eigenvalue weighted by Gasteiger charge is 2.40. The zero-order chi connectivity index (χ0) is 13.9. The van der Waals surface area contributed by atoms with Gasteiger partial charge in [0, 0.05) is 25.2 Å². The van der Waals surface area contributed by atoms with E-state index in [1.807, 2.05) is 31.2 Å². The fourth-order valence-corrected chi connectivity index (χ4v) is 3.29. The van der Waals surface area contributed by atoms with Gasteiger partial charge in [0.15, 0.2) is 0 Å². The predicted molar refractivity (Wildman–Crippen MR) is 80.1 cm³/mol. The van der Waals surface area contributed by atoms with Crippen LogP contribution in [0, 0.1) is 0 Å².